The van der Waals surface area contributed by atoms with Crippen molar-refractivity contribution in [3.05, 3.63) is 0 Å². The van der Waals surface area contributed by atoms with E-state index in [0.717, 1.165) is 0 Å². The second-order valence-electron chi connectivity index (χ2n) is 0.441. The summed E-state index contributed by atoms with van der Waals surface area (Å²) in [6.07, 6.45) is 0. The normalized spacial score (nSPS) is 5.50. The summed E-state index contributed by atoms with van der Waals surface area (Å²) in [7, 11) is 0. The first-order valence-electron chi connectivity index (χ1n) is 0.968. The number of nitrogens with zero attached hydrogens (tertiary/aromatic N) is 1. The van der Waals surface area contributed by atoms with Crippen LogP contribution in [0.2, 0.25) is 0 Å². The van der Waals surface area contributed by atoms with E-state index in [1.54, 1.807) is 0 Å². The Kier molecular flexibility index (Phi) is 9.78. The van der Waals surface area contributed by atoms with E-state index in [1.807, 2.05) is 0 Å². The Balaban J connectivity index is -0.0000000267. The van der Waals surface area contributed by atoms with Crippen molar-refractivity contribution in [1.29, 1.82) is 0 Å². The van der Waals surface area contributed by atoms with Gasteiger partial charge in [0.15, 0.2) is 4.32 Å². The summed E-state index contributed by atoms with van der Waals surface area (Å²) in [6, 6.07) is 0. The molecule has 0 unspecified atom stereocenters. The molecule has 0 aromatic heterocycles. The van der Waals surface area contributed by atoms with E-state index in [9.17, 15) is 0 Å². The molecule has 0 amide bonds. The van der Waals surface area contributed by atoms with Crippen molar-refractivity contribution in [2.75, 3.05) is 0 Å². The molecule has 0 aromatic carbocycles. The molecule has 0 fully saturated rings. The average Bonchev–Trinajstić information content (AvgIpc) is 1.38. The van der Waals surface area contributed by atoms with E-state index < -0.39 is 0 Å². The fourth-order valence-electron chi connectivity index (χ4n) is 0. The number of thiocarbonyl (C=S) groups is 1. The Morgan fingerprint density at radius 2 is 2.17 bits per heavy atom. The third-order valence-corrected chi connectivity index (χ3v) is 0.406. The zero-order chi connectivity index (χ0) is 4.28. The van der Waals surface area contributed by atoms with Gasteiger partial charge < -0.3 is 2.85 Å². The summed E-state index contributed by atoms with van der Waals surface area (Å²) in [4.78, 5) is 3.23. The van der Waals surface area contributed by atoms with Crippen molar-refractivity contribution in [3.63, 3.8) is 0 Å². The minimum atomic E-state index is 0. The van der Waals surface area contributed by atoms with E-state index in [2.05, 4.69) is 36.6 Å². The van der Waals surface area contributed by atoms with Gasteiger partial charge in [0.1, 0.15) is 0 Å². The fraction of sp³-hybridized carbons (Fsp3) is 0. The average molecular weight is 132 g/mol. The molecule has 0 bridgehead atoms. The van der Waals surface area contributed by atoms with Gasteiger partial charge in [-0.05, 0) is 6.72 Å². The third-order valence-electron chi connectivity index (χ3n) is 0.135. The second kappa shape index (κ2) is 5.88. The van der Waals surface area contributed by atoms with Gasteiger partial charge in [-0.15, -0.1) is 12.6 Å². The molecule has 0 N–H and O–H groups in total. The number of thiol groups is 1. The molecule has 6 heavy (non-hydrogen) atoms. The van der Waals surface area contributed by atoms with E-state index >= 15 is 0 Å². The molecule has 0 radical (unpaired) electrons. The van der Waals surface area contributed by atoms with Crippen molar-refractivity contribution >= 4 is 58.9 Å². The Hall–Kier alpha value is 0.876. The second-order valence-corrected chi connectivity index (χ2v) is 1.55. The van der Waals surface area contributed by atoms with Gasteiger partial charge in [0, 0.05) is 0 Å². The summed E-state index contributed by atoms with van der Waals surface area (Å²) in [5.74, 6) is 0. The Morgan fingerprint density at radius 1 is 2.00 bits per heavy atom. The fourth-order valence-corrected chi connectivity index (χ4v) is 0. The first-order valence-corrected chi connectivity index (χ1v) is 1.82. The molecule has 0 aliphatic heterocycles. The molecule has 0 aromatic rings. The minimum Gasteiger partial charge on any atom is -1.00 e. The molecule has 0 aliphatic carbocycles. The summed E-state index contributed by atoms with van der Waals surface area (Å²) in [5.41, 5.74) is 0. The van der Waals surface area contributed by atoms with Crippen molar-refractivity contribution in [2.45, 2.75) is 0 Å². The van der Waals surface area contributed by atoms with E-state index in [4.69, 9.17) is 0 Å². The van der Waals surface area contributed by atoms with Crippen LogP contribution in [0.25, 0.3) is 0 Å². The topological polar surface area (TPSA) is 12.4 Å². The maximum Gasteiger partial charge on any atom is 2.00 e. The first-order chi connectivity index (χ1) is 2.27. The van der Waals surface area contributed by atoms with Crippen LogP contribution in [0.4, 0.5) is 0 Å². The number of hydrogen-bond acceptors (Lipinski definition) is 1. The molecule has 0 spiro atoms. The minimum absolute atomic E-state index is 0. The Bertz CT molecular complexity index is 69.1. The summed E-state index contributed by atoms with van der Waals surface area (Å²) in [6.45, 7) is 3.09. The predicted molar refractivity (Wildman–Crippen MR) is 39.1 cm³/mol. The van der Waals surface area contributed by atoms with Gasteiger partial charge in [-0.25, -0.2) is 4.99 Å². The molecule has 1 nitrogen and oxygen atoms in total. The largest absolute Gasteiger partial charge is 2.00 e. The van der Waals surface area contributed by atoms with Crippen molar-refractivity contribution < 1.29 is 2.85 Å². The number of hydrogen-bond donors (Lipinski definition) is 1. The Labute approximate surface area is 66.8 Å². The molecule has 0 aliphatic rings. The van der Waals surface area contributed by atoms with Crippen LogP contribution in [0.1, 0.15) is 2.85 Å². The molecule has 0 saturated heterocycles. The molecule has 4 heteroatoms. The van der Waals surface area contributed by atoms with Gasteiger partial charge >= 0.3 is 23.1 Å². The van der Waals surface area contributed by atoms with E-state index in [1.165, 1.54) is 0 Å². The van der Waals surface area contributed by atoms with Gasteiger partial charge in [0.05, 0.1) is 0 Å². The van der Waals surface area contributed by atoms with Crippen LogP contribution in [0.5, 0.6) is 0 Å². The molecule has 0 heterocycles. The van der Waals surface area contributed by atoms with Gasteiger partial charge in [0.25, 0.3) is 0 Å². The molecular weight excluding hydrogens is 126 g/mol. The van der Waals surface area contributed by atoms with Crippen LogP contribution in [-0.4, -0.2) is 34.1 Å². The van der Waals surface area contributed by atoms with Crippen LogP contribution >= 0.6 is 24.8 Å². The van der Waals surface area contributed by atoms with Crippen LogP contribution in [0.15, 0.2) is 4.99 Å². The summed E-state index contributed by atoms with van der Waals surface area (Å²) >= 11 is 7.93. The zero-order valence-electron chi connectivity index (χ0n) is 5.22. The maximum atomic E-state index is 4.33. The first kappa shape index (κ1) is 9.99. The summed E-state index contributed by atoms with van der Waals surface area (Å²) < 4.78 is 0.296. The van der Waals surface area contributed by atoms with Crippen LogP contribution in [0.3, 0.4) is 0 Å². The third kappa shape index (κ3) is 8.86. The van der Waals surface area contributed by atoms with Gasteiger partial charge in [-0.3, -0.25) is 0 Å². The quantitative estimate of drug-likeness (QED) is 0.221. The molecule has 0 rings (SSSR count). The van der Waals surface area contributed by atoms with Crippen molar-refractivity contribution in [1.82, 2.24) is 0 Å². The number of aliphatic imine (C=N–C) groups is 1. The van der Waals surface area contributed by atoms with Crippen LogP contribution < -0.4 is 0 Å². The van der Waals surface area contributed by atoms with E-state index in [-0.39, 0.29) is 25.9 Å². The van der Waals surface area contributed by atoms with E-state index in [0.29, 0.717) is 4.32 Å². The van der Waals surface area contributed by atoms with Gasteiger partial charge in [0.2, 0.25) is 0 Å². The predicted octanol–water partition coefficient (Wildman–Crippen LogP) is 0.746. The van der Waals surface area contributed by atoms with Crippen LogP contribution in [-0.2, 0) is 0 Å². The monoisotopic (exact) mass is 131 g/mol. The molecule has 0 atom stereocenters. The number of rotatable bonds is 0. The molecular formula is C2H5MgNS2. The SMILES string of the molecule is C=NC(=S)S.[H-].[H-].[Mg+2]. The molecule has 0 saturated carbocycles. The van der Waals surface area contributed by atoms with Crippen LogP contribution in [0, 0.1) is 0 Å². The zero-order valence-corrected chi connectivity index (χ0v) is 6.34. The smallest absolute Gasteiger partial charge is 1.00 e. The maximum absolute atomic E-state index is 4.33. The van der Waals surface area contributed by atoms with Crippen molar-refractivity contribution in [2.24, 2.45) is 4.99 Å². The molecule has 32 valence electrons. The van der Waals surface area contributed by atoms with Crippen molar-refractivity contribution in [3.8, 4) is 0 Å². The Morgan fingerprint density at radius 3 is 2.17 bits per heavy atom. The summed E-state index contributed by atoms with van der Waals surface area (Å²) in [5, 5.41) is 0. The van der Waals surface area contributed by atoms with Gasteiger partial charge in [-0.1, -0.05) is 12.2 Å². The standard InChI is InChI=1S/C2H3NS2.Mg.2H/c1-3-2(4)5;;;/h1H2,(H,4,5);;;/q;+2;2*-1. The van der Waals surface area contributed by atoms with Gasteiger partial charge in [-0.2, -0.15) is 0 Å².